The average molecular weight is 228 g/mol. The van der Waals surface area contributed by atoms with Gasteiger partial charge in [0.2, 0.25) is 0 Å². The first-order chi connectivity index (χ1) is 8.28. The van der Waals surface area contributed by atoms with Crippen molar-refractivity contribution in [3.05, 3.63) is 65.5 Å². The third kappa shape index (κ3) is 3.18. The summed E-state index contributed by atoms with van der Waals surface area (Å²) < 4.78 is 17.8. The van der Waals surface area contributed by atoms with Crippen LogP contribution in [0, 0.1) is 5.82 Å². The van der Waals surface area contributed by atoms with Crippen molar-refractivity contribution in [3.63, 3.8) is 0 Å². The Morgan fingerprint density at radius 2 is 1.65 bits per heavy atom. The van der Waals surface area contributed by atoms with Gasteiger partial charge in [0.25, 0.3) is 0 Å². The summed E-state index contributed by atoms with van der Waals surface area (Å²) in [6.45, 7) is 0. The largest absolute Gasteiger partial charge is 0.497 e. The van der Waals surface area contributed by atoms with E-state index in [-0.39, 0.29) is 5.82 Å². The molecule has 0 radical (unpaired) electrons. The second kappa shape index (κ2) is 5.30. The molecule has 0 unspecified atom stereocenters. The summed E-state index contributed by atoms with van der Waals surface area (Å²) in [7, 11) is 1.64. The number of hydrogen-bond acceptors (Lipinski definition) is 1. The molecule has 0 aliphatic rings. The van der Waals surface area contributed by atoms with Gasteiger partial charge in [0.05, 0.1) is 7.11 Å². The first kappa shape index (κ1) is 11.4. The quantitative estimate of drug-likeness (QED) is 0.721. The number of rotatable bonds is 3. The lowest BCUT2D eigenvalue weighted by Gasteiger charge is -2.00. The molecule has 2 heteroatoms. The van der Waals surface area contributed by atoms with Crippen molar-refractivity contribution in [2.24, 2.45) is 0 Å². The molecule has 0 N–H and O–H groups in total. The van der Waals surface area contributed by atoms with Gasteiger partial charge in [-0.1, -0.05) is 36.4 Å². The van der Waals surface area contributed by atoms with Crippen LogP contribution in [-0.4, -0.2) is 7.11 Å². The van der Waals surface area contributed by atoms with Crippen LogP contribution in [0.15, 0.2) is 48.5 Å². The lowest BCUT2D eigenvalue weighted by Crippen LogP contribution is -1.82. The van der Waals surface area contributed by atoms with Gasteiger partial charge in [-0.05, 0) is 35.4 Å². The minimum absolute atomic E-state index is 0.219. The van der Waals surface area contributed by atoms with Crippen molar-refractivity contribution >= 4 is 12.2 Å². The van der Waals surface area contributed by atoms with Gasteiger partial charge in [0.15, 0.2) is 0 Å². The molecule has 1 nitrogen and oxygen atoms in total. The molecule has 0 aliphatic heterocycles. The summed E-state index contributed by atoms with van der Waals surface area (Å²) in [6, 6.07) is 14.1. The van der Waals surface area contributed by atoms with Crippen LogP contribution < -0.4 is 4.74 Å². The summed E-state index contributed by atoms with van der Waals surface area (Å²) >= 11 is 0. The van der Waals surface area contributed by atoms with E-state index < -0.39 is 0 Å². The highest BCUT2D eigenvalue weighted by Gasteiger charge is 1.92. The summed E-state index contributed by atoms with van der Waals surface area (Å²) in [5.41, 5.74) is 2.02. The molecule has 2 rings (SSSR count). The second-order valence-electron chi connectivity index (χ2n) is 3.66. The molecule has 0 bridgehead atoms. The number of hydrogen-bond donors (Lipinski definition) is 0. The van der Waals surface area contributed by atoms with E-state index in [4.69, 9.17) is 4.74 Å². The van der Waals surface area contributed by atoms with Crippen molar-refractivity contribution < 1.29 is 9.13 Å². The monoisotopic (exact) mass is 228 g/mol. The van der Waals surface area contributed by atoms with Crippen molar-refractivity contribution in [3.8, 4) is 5.75 Å². The van der Waals surface area contributed by atoms with Crippen LogP contribution in [0.5, 0.6) is 5.75 Å². The second-order valence-corrected chi connectivity index (χ2v) is 3.66. The van der Waals surface area contributed by atoms with E-state index in [2.05, 4.69) is 0 Å². The first-order valence-electron chi connectivity index (χ1n) is 5.35. The number of ether oxygens (including phenoxy) is 1. The van der Waals surface area contributed by atoms with Crippen molar-refractivity contribution in [1.82, 2.24) is 0 Å². The van der Waals surface area contributed by atoms with Gasteiger partial charge in [0, 0.05) is 0 Å². The fourth-order valence-corrected chi connectivity index (χ4v) is 1.51. The maximum Gasteiger partial charge on any atom is 0.123 e. The Morgan fingerprint density at radius 3 is 2.35 bits per heavy atom. The lowest BCUT2D eigenvalue weighted by molar-refractivity contribution is 0.414. The third-order valence-electron chi connectivity index (χ3n) is 2.43. The SMILES string of the molecule is COc1cccc(/C=C/c2ccc(F)cc2)c1. The Labute approximate surface area is 100 Å². The van der Waals surface area contributed by atoms with Gasteiger partial charge in [-0.15, -0.1) is 0 Å². The van der Waals surface area contributed by atoms with Gasteiger partial charge in [-0.25, -0.2) is 4.39 Å². The molecule has 0 aliphatic carbocycles. The van der Waals surface area contributed by atoms with E-state index in [9.17, 15) is 4.39 Å². The first-order valence-corrected chi connectivity index (χ1v) is 5.35. The zero-order valence-corrected chi connectivity index (χ0v) is 9.56. The summed E-state index contributed by atoms with van der Waals surface area (Å²) in [6.07, 6.45) is 3.91. The fourth-order valence-electron chi connectivity index (χ4n) is 1.51. The van der Waals surface area contributed by atoms with Crippen LogP contribution in [0.4, 0.5) is 4.39 Å². The van der Waals surface area contributed by atoms with Crippen molar-refractivity contribution in [2.75, 3.05) is 7.11 Å². The maximum atomic E-state index is 12.7. The van der Waals surface area contributed by atoms with Gasteiger partial charge >= 0.3 is 0 Å². The molecule has 2 aromatic carbocycles. The molecule has 0 atom stereocenters. The van der Waals surface area contributed by atoms with Crippen molar-refractivity contribution in [1.29, 1.82) is 0 Å². The topological polar surface area (TPSA) is 9.23 Å². The number of methoxy groups -OCH3 is 1. The minimum Gasteiger partial charge on any atom is -0.497 e. The van der Waals surface area contributed by atoms with Crippen LogP contribution in [-0.2, 0) is 0 Å². The van der Waals surface area contributed by atoms with Crippen LogP contribution in [0.1, 0.15) is 11.1 Å². The van der Waals surface area contributed by atoms with Gasteiger partial charge < -0.3 is 4.74 Å². The van der Waals surface area contributed by atoms with Crippen LogP contribution in [0.2, 0.25) is 0 Å². The Hall–Kier alpha value is -2.09. The van der Waals surface area contributed by atoms with Gasteiger partial charge in [-0.3, -0.25) is 0 Å². The summed E-state index contributed by atoms with van der Waals surface area (Å²) in [4.78, 5) is 0. The van der Waals surface area contributed by atoms with Crippen LogP contribution in [0.25, 0.3) is 12.2 Å². The minimum atomic E-state index is -0.219. The van der Waals surface area contributed by atoms with Crippen LogP contribution in [0.3, 0.4) is 0 Å². The highest BCUT2D eigenvalue weighted by atomic mass is 19.1. The van der Waals surface area contributed by atoms with E-state index in [1.807, 2.05) is 36.4 Å². The summed E-state index contributed by atoms with van der Waals surface area (Å²) in [5, 5.41) is 0. The average Bonchev–Trinajstić information content (AvgIpc) is 2.38. The Balaban J connectivity index is 2.16. The van der Waals surface area contributed by atoms with E-state index in [0.29, 0.717) is 0 Å². The Morgan fingerprint density at radius 1 is 0.941 bits per heavy atom. The maximum absolute atomic E-state index is 12.7. The van der Waals surface area contributed by atoms with Gasteiger partial charge in [0.1, 0.15) is 11.6 Å². The molecule has 0 saturated heterocycles. The smallest absolute Gasteiger partial charge is 0.123 e. The molecule has 2 aromatic rings. The molecular weight excluding hydrogens is 215 g/mol. The lowest BCUT2D eigenvalue weighted by atomic mass is 10.1. The summed E-state index contributed by atoms with van der Waals surface area (Å²) in [5.74, 6) is 0.606. The Kier molecular flexibility index (Phi) is 3.55. The molecular formula is C15H13FO. The molecule has 0 amide bonds. The van der Waals surface area contributed by atoms with Crippen LogP contribution >= 0.6 is 0 Å². The predicted molar refractivity (Wildman–Crippen MR) is 68.3 cm³/mol. The fraction of sp³-hybridized carbons (Fsp3) is 0.0667. The van der Waals surface area contributed by atoms with E-state index in [1.165, 1.54) is 12.1 Å². The third-order valence-corrected chi connectivity index (χ3v) is 2.43. The standard InChI is InChI=1S/C15H13FO/c1-17-15-4-2-3-13(11-15)6-5-12-7-9-14(16)10-8-12/h2-11H,1H3/b6-5+. The Bertz CT molecular complexity index is 515. The zero-order valence-electron chi connectivity index (χ0n) is 9.56. The van der Waals surface area contributed by atoms with Gasteiger partial charge in [-0.2, -0.15) is 0 Å². The zero-order chi connectivity index (χ0) is 12.1. The highest BCUT2D eigenvalue weighted by molar-refractivity contribution is 5.70. The molecule has 0 saturated carbocycles. The normalized spacial score (nSPS) is 10.7. The number of halogens is 1. The molecule has 0 heterocycles. The number of benzene rings is 2. The predicted octanol–water partition coefficient (Wildman–Crippen LogP) is 4.00. The van der Waals surface area contributed by atoms with E-state index >= 15 is 0 Å². The molecule has 0 fully saturated rings. The molecule has 0 aromatic heterocycles. The van der Waals surface area contributed by atoms with Crippen molar-refractivity contribution in [2.45, 2.75) is 0 Å². The van der Waals surface area contributed by atoms with E-state index in [0.717, 1.165) is 16.9 Å². The molecule has 86 valence electrons. The highest BCUT2D eigenvalue weighted by Crippen LogP contribution is 2.15. The molecule has 17 heavy (non-hydrogen) atoms. The molecule has 0 spiro atoms. The van der Waals surface area contributed by atoms with E-state index in [1.54, 1.807) is 19.2 Å².